The van der Waals surface area contributed by atoms with Crippen molar-refractivity contribution in [3.63, 3.8) is 0 Å². The van der Waals surface area contributed by atoms with Crippen LogP contribution in [0.4, 0.5) is 0 Å². The van der Waals surface area contributed by atoms with Crippen LogP contribution in [-0.4, -0.2) is 23.9 Å². The molecule has 1 unspecified atom stereocenters. The highest BCUT2D eigenvalue weighted by Gasteiger charge is 2.30. The Labute approximate surface area is 126 Å². The van der Waals surface area contributed by atoms with Gasteiger partial charge in [0.05, 0.1) is 6.04 Å². The molecule has 0 aliphatic carbocycles. The van der Waals surface area contributed by atoms with Gasteiger partial charge in [-0.1, -0.05) is 13.8 Å². The second-order valence-corrected chi connectivity index (χ2v) is 7.28. The van der Waals surface area contributed by atoms with E-state index in [1.807, 2.05) is 0 Å². The molecule has 2 N–H and O–H groups in total. The van der Waals surface area contributed by atoms with Crippen molar-refractivity contribution in [2.45, 2.75) is 52.0 Å². The summed E-state index contributed by atoms with van der Waals surface area (Å²) < 4.78 is 0. The molecule has 0 saturated carbocycles. The van der Waals surface area contributed by atoms with E-state index in [2.05, 4.69) is 35.6 Å². The number of rotatable bonds is 6. The van der Waals surface area contributed by atoms with Crippen molar-refractivity contribution in [2.75, 3.05) is 13.1 Å². The fraction of sp³-hybridized carbons (Fsp3) is 0.688. The van der Waals surface area contributed by atoms with E-state index >= 15 is 0 Å². The van der Waals surface area contributed by atoms with Crippen LogP contribution in [0.2, 0.25) is 0 Å². The summed E-state index contributed by atoms with van der Waals surface area (Å²) in [6.45, 7) is 6.01. The highest BCUT2D eigenvalue weighted by atomic mass is 32.1. The van der Waals surface area contributed by atoms with E-state index in [9.17, 15) is 4.79 Å². The molecule has 2 heterocycles. The Kier molecular flexibility index (Phi) is 5.22. The third-order valence-corrected chi connectivity index (χ3v) is 5.04. The Morgan fingerprint density at radius 3 is 2.95 bits per heavy atom. The summed E-state index contributed by atoms with van der Waals surface area (Å²) in [5.74, 6) is 0.309. The standard InChI is InChI=1S/C16H26N2OS/c1-16(2,8-9-17)7-5-15(19)18-10-3-4-14(18)13-6-11-20-12-13/h6,11-12,14H,3-5,7-10,17H2,1-2H3. The maximum absolute atomic E-state index is 12.5. The lowest BCUT2D eigenvalue weighted by Crippen LogP contribution is -2.31. The molecule has 4 heteroatoms. The van der Waals surface area contributed by atoms with E-state index in [-0.39, 0.29) is 5.41 Å². The van der Waals surface area contributed by atoms with Crippen molar-refractivity contribution in [1.82, 2.24) is 4.90 Å². The summed E-state index contributed by atoms with van der Waals surface area (Å²) in [6.07, 6.45) is 4.78. The topological polar surface area (TPSA) is 46.3 Å². The Balaban J connectivity index is 1.92. The van der Waals surface area contributed by atoms with Crippen molar-refractivity contribution in [2.24, 2.45) is 11.1 Å². The number of hydrogen-bond donors (Lipinski definition) is 1. The van der Waals surface area contributed by atoms with Crippen LogP contribution in [-0.2, 0) is 4.79 Å². The van der Waals surface area contributed by atoms with E-state index in [0.717, 1.165) is 32.2 Å². The van der Waals surface area contributed by atoms with Gasteiger partial charge in [0.25, 0.3) is 0 Å². The van der Waals surface area contributed by atoms with Crippen LogP contribution in [0.1, 0.15) is 57.6 Å². The van der Waals surface area contributed by atoms with Gasteiger partial charge in [-0.2, -0.15) is 11.3 Å². The van der Waals surface area contributed by atoms with E-state index in [4.69, 9.17) is 5.73 Å². The molecule has 1 saturated heterocycles. The van der Waals surface area contributed by atoms with Crippen molar-refractivity contribution in [3.05, 3.63) is 22.4 Å². The first-order valence-electron chi connectivity index (χ1n) is 7.55. The predicted octanol–water partition coefficient (Wildman–Crippen LogP) is 3.57. The molecule has 0 radical (unpaired) electrons. The van der Waals surface area contributed by atoms with Gasteiger partial charge in [-0.25, -0.2) is 0 Å². The van der Waals surface area contributed by atoms with Crippen LogP contribution in [0.25, 0.3) is 0 Å². The smallest absolute Gasteiger partial charge is 0.223 e. The average molecular weight is 294 g/mol. The summed E-state index contributed by atoms with van der Waals surface area (Å²) >= 11 is 1.71. The number of nitrogens with two attached hydrogens (primary N) is 1. The zero-order valence-corrected chi connectivity index (χ0v) is 13.4. The minimum atomic E-state index is 0.169. The van der Waals surface area contributed by atoms with Crippen LogP contribution < -0.4 is 5.73 Å². The van der Waals surface area contributed by atoms with Crippen molar-refractivity contribution in [1.29, 1.82) is 0 Å². The molecular formula is C16H26N2OS. The second-order valence-electron chi connectivity index (χ2n) is 6.50. The van der Waals surface area contributed by atoms with E-state index < -0.39 is 0 Å². The maximum Gasteiger partial charge on any atom is 0.223 e. The lowest BCUT2D eigenvalue weighted by molar-refractivity contribution is -0.132. The summed E-state index contributed by atoms with van der Waals surface area (Å²) in [5, 5.41) is 4.27. The molecule has 1 atom stereocenters. The third-order valence-electron chi connectivity index (χ3n) is 4.34. The van der Waals surface area contributed by atoms with E-state index in [0.29, 0.717) is 24.9 Å². The Bertz CT molecular complexity index is 428. The van der Waals surface area contributed by atoms with Gasteiger partial charge in [-0.3, -0.25) is 4.79 Å². The van der Waals surface area contributed by atoms with Crippen LogP contribution in [0.15, 0.2) is 16.8 Å². The molecule has 0 aromatic carbocycles. The molecular weight excluding hydrogens is 268 g/mol. The molecule has 112 valence electrons. The number of carbonyl (C=O) groups excluding carboxylic acids is 1. The van der Waals surface area contributed by atoms with E-state index in [1.54, 1.807) is 11.3 Å². The summed E-state index contributed by atoms with van der Waals surface area (Å²) in [5.41, 5.74) is 7.11. The quantitative estimate of drug-likeness (QED) is 0.872. The van der Waals surface area contributed by atoms with E-state index in [1.165, 1.54) is 5.56 Å². The van der Waals surface area contributed by atoms with Gasteiger partial charge in [-0.05, 0) is 60.0 Å². The van der Waals surface area contributed by atoms with Crippen LogP contribution in [0.3, 0.4) is 0 Å². The Morgan fingerprint density at radius 1 is 1.50 bits per heavy atom. The lowest BCUT2D eigenvalue weighted by Gasteiger charge is -2.28. The lowest BCUT2D eigenvalue weighted by atomic mass is 9.84. The third kappa shape index (κ3) is 3.83. The van der Waals surface area contributed by atoms with Gasteiger partial charge in [0.1, 0.15) is 0 Å². The number of thiophene rings is 1. The summed E-state index contributed by atoms with van der Waals surface area (Å²) in [7, 11) is 0. The monoisotopic (exact) mass is 294 g/mol. The first kappa shape index (κ1) is 15.5. The first-order valence-corrected chi connectivity index (χ1v) is 8.49. The molecule has 20 heavy (non-hydrogen) atoms. The summed E-state index contributed by atoms with van der Waals surface area (Å²) in [6, 6.07) is 2.46. The molecule has 1 fully saturated rings. The van der Waals surface area contributed by atoms with Crippen molar-refractivity contribution in [3.8, 4) is 0 Å². The van der Waals surface area contributed by atoms with Crippen LogP contribution in [0.5, 0.6) is 0 Å². The largest absolute Gasteiger partial charge is 0.336 e. The number of nitrogens with zero attached hydrogens (tertiary/aromatic N) is 1. The number of hydrogen-bond acceptors (Lipinski definition) is 3. The van der Waals surface area contributed by atoms with Gasteiger partial charge >= 0.3 is 0 Å². The minimum Gasteiger partial charge on any atom is -0.336 e. The van der Waals surface area contributed by atoms with Gasteiger partial charge in [0, 0.05) is 13.0 Å². The molecule has 1 aromatic heterocycles. The highest BCUT2D eigenvalue weighted by molar-refractivity contribution is 7.07. The predicted molar refractivity (Wildman–Crippen MR) is 84.7 cm³/mol. The van der Waals surface area contributed by atoms with Gasteiger partial charge in [0.15, 0.2) is 0 Å². The molecule has 1 amide bonds. The molecule has 2 rings (SSSR count). The Hall–Kier alpha value is -0.870. The SMILES string of the molecule is CC(C)(CCN)CCC(=O)N1CCCC1c1ccsc1. The molecule has 0 bridgehead atoms. The molecule has 0 spiro atoms. The maximum atomic E-state index is 12.5. The fourth-order valence-corrected chi connectivity index (χ4v) is 3.69. The van der Waals surface area contributed by atoms with Crippen LogP contribution >= 0.6 is 11.3 Å². The molecule has 3 nitrogen and oxygen atoms in total. The normalized spacial score (nSPS) is 19.6. The number of carbonyl (C=O) groups is 1. The minimum absolute atomic E-state index is 0.169. The molecule has 1 aliphatic heterocycles. The zero-order chi connectivity index (χ0) is 14.6. The summed E-state index contributed by atoms with van der Waals surface area (Å²) in [4.78, 5) is 14.6. The molecule has 1 aromatic rings. The number of likely N-dealkylation sites (tertiary alicyclic amines) is 1. The van der Waals surface area contributed by atoms with Crippen molar-refractivity contribution >= 4 is 17.2 Å². The van der Waals surface area contributed by atoms with Crippen molar-refractivity contribution < 1.29 is 4.79 Å². The number of amides is 1. The van der Waals surface area contributed by atoms with Gasteiger partial charge < -0.3 is 10.6 Å². The fourth-order valence-electron chi connectivity index (χ4n) is 2.98. The molecule has 1 aliphatic rings. The average Bonchev–Trinajstić information content (AvgIpc) is 3.05. The van der Waals surface area contributed by atoms with Crippen LogP contribution in [0, 0.1) is 5.41 Å². The second kappa shape index (κ2) is 6.72. The zero-order valence-electron chi connectivity index (χ0n) is 12.6. The van der Waals surface area contributed by atoms with Gasteiger partial charge in [0.2, 0.25) is 5.91 Å². The Morgan fingerprint density at radius 2 is 2.30 bits per heavy atom. The highest BCUT2D eigenvalue weighted by Crippen LogP contribution is 2.34. The van der Waals surface area contributed by atoms with Gasteiger partial charge in [-0.15, -0.1) is 0 Å². The first-order chi connectivity index (χ1) is 9.53.